The maximum Gasteiger partial charge on any atom is 0.193 e. The number of thioether (sulfide) groups is 1. The number of aliphatic imine (C=N–C) groups is 1. The van der Waals surface area contributed by atoms with Gasteiger partial charge in [0.05, 0.1) is 7.11 Å². The van der Waals surface area contributed by atoms with Gasteiger partial charge < -0.3 is 15.0 Å². The van der Waals surface area contributed by atoms with Crippen molar-refractivity contribution in [2.45, 2.75) is 25.0 Å². The van der Waals surface area contributed by atoms with Crippen LogP contribution in [0.5, 0.6) is 5.75 Å². The number of rotatable bonds is 5. The van der Waals surface area contributed by atoms with Crippen LogP contribution < -0.4 is 10.1 Å². The van der Waals surface area contributed by atoms with Gasteiger partial charge in [-0.25, -0.2) is 0 Å². The second-order valence-corrected chi connectivity index (χ2v) is 6.83. The van der Waals surface area contributed by atoms with Gasteiger partial charge in [0.1, 0.15) is 5.75 Å². The average molecular weight is 449 g/mol. The standard InChI is InChI=1S/C17H27N3OS.HI/c1-4-16-13-20(11-12-22-16)17(18-2)19-10-9-14-5-7-15(21-3)8-6-14;/h5-8,16H,4,9-13H2,1-3H3,(H,18,19);1H. The Morgan fingerprint density at radius 2 is 2.13 bits per heavy atom. The van der Waals surface area contributed by atoms with E-state index in [1.807, 2.05) is 19.2 Å². The first kappa shape index (κ1) is 20.4. The Bertz CT molecular complexity index is 481. The number of benzene rings is 1. The lowest BCUT2D eigenvalue weighted by Gasteiger charge is -2.34. The van der Waals surface area contributed by atoms with Gasteiger partial charge in [-0.05, 0) is 30.5 Å². The van der Waals surface area contributed by atoms with Crippen LogP contribution in [0.1, 0.15) is 18.9 Å². The lowest BCUT2D eigenvalue weighted by molar-refractivity contribution is 0.408. The summed E-state index contributed by atoms with van der Waals surface area (Å²) in [7, 11) is 3.57. The summed E-state index contributed by atoms with van der Waals surface area (Å²) in [6.07, 6.45) is 2.22. The smallest absolute Gasteiger partial charge is 0.193 e. The van der Waals surface area contributed by atoms with E-state index in [-0.39, 0.29) is 24.0 Å². The molecule has 0 amide bonds. The van der Waals surface area contributed by atoms with Crippen LogP contribution in [0.3, 0.4) is 0 Å². The third kappa shape index (κ3) is 6.41. The van der Waals surface area contributed by atoms with E-state index in [1.165, 1.54) is 17.7 Å². The van der Waals surface area contributed by atoms with Crippen molar-refractivity contribution in [3.8, 4) is 5.75 Å². The summed E-state index contributed by atoms with van der Waals surface area (Å²) in [5, 5.41) is 4.23. The maximum absolute atomic E-state index is 5.19. The summed E-state index contributed by atoms with van der Waals surface area (Å²) in [5.41, 5.74) is 1.31. The molecular weight excluding hydrogens is 421 g/mol. The molecule has 0 radical (unpaired) electrons. The number of hydrogen-bond acceptors (Lipinski definition) is 3. The summed E-state index contributed by atoms with van der Waals surface area (Å²) < 4.78 is 5.19. The van der Waals surface area contributed by atoms with Crippen molar-refractivity contribution in [3.63, 3.8) is 0 Å². The highest BCUT2D eigenvalue weighted by molar-refractivity contribution is 14.0. The van der Waals surface area contributed by atoms with Crippen molar-refractivity contribution >= 4 is 41.7 Å². The molecule has 1 unspecified atom stereocenters. The zero-order valence-corrected chi connectivity index (χ0v) is 17.4. The highest BCUT2D eigenvalue weighted by Crippen LogP contribution is 2.21. The minimum absolute atomic E-state index is 0. The number of nitrogens with one attached hydrogen (secondary N) is 1. The Morgan fingerprint density at radius 1 is 1.39 bits per heavy atom. The van der Waals surface area contributed by atoms with E-state index in [0.29, 0.717) is 0 Å². The second kappa shape index (κ2) is 11.0. The van der Waals surface area contributed by atoms with Gasteiger partial charge in [0.15, 0.2) is 5.96 Å². The predicted octanol–water partition coefficient (Wildman–Crippen LogP) is 3.26. The van der Waals surface area contributed by atoms with E-state index in [4.69, 9.17) is 4.74 Å². The first-order valence-corrected chi connectivity index (χ1v) is 9.01. The Kier molecular flexibility index (Phi) is 9.78. The molecule has 0 aromatic heterocycles. The zero-order valence-electron chi connectivity index (χ0n) is 14.2. The summed E-state index contributed by atoms with van der Waals surface area (Å²) in [5.74, 6) is 3.13. The zero-order chi connectivity index (χ0) is 15.8. The first-order valence-electron chi connectivity index (χ1n) is 7.97. The molecule has 0 saturated carbocycles. The molecule has 0 aliphatic carbocycles. The largest absolute Gasteiger partial charge is 0.497 e. The summed E-state index contributed by atoms with van der Waals surface area (Å²) >= 11 is 2.08. The van der Waals surface area contributed by atoms with Crippen LogP contribution in [0, 0.1) is 0 Å². The Balaban J connectivity index is 0.00000264. The highest BCUT2D eigenvalue weighted by atomic mass is 127. The van der Waals surface area contributed by atoms with Crippen molar-refractivity contribution in [1.82, 2.24) is 10.2 Å². The number of ether oxygens (including phenoxy) is 1. The molecule has 130 valence electrons. The van der Waals surface area contributed by atoms with Gasteiger partial charge in [0, 0.05) is 37.7 Å². The van der Waals surface area contributed by atoms with Crippen molar-refractivity contribution in [1.29, 1.82) is 0 Å². The molecule has 23 heavy (non-hydrogen) atoms. The molecule has 1 aromatic carbocycles. The Labute approximate surface area is 161 Å². The molecule has 0 bridgehead atoms. The highest BCUT2D eigenvalue weighted by Gasteiger charge is 2.21. The molecule has 0 spiro atoms. The molecule has 1 aliphatic heterocycles. The normalized spacial score (nSPS) is 18.3. The van der Waals surface area contributed by atoms with Gasteiger partial charge in [-0.2, -0.15) is 11.8 Å². The third-order valence-electron chi connectivity index (χ3n) is 3.96. The van der Waals surface area contributed by atoms with Crippen LogP contribution in [-0.2, 0) is 6.42 Å². The van der Waals surface area contributed by atoms with Gasteiger partial charge in [-0.3, -0.25) is 4.99 Å². The minimum Gasteiger partial charge on any atom is -0.497 e. The first-order chi connectivity index (χ1) is 10.8. The van der Waals surface area contributed by atoms with Gasteiger partial charge in [-0.1, -0.05) is 19.1 Å². The van der Waals surface area contributed by atoms with E-state index in [1.54, 1.807) is 7.11 Å². The molecule has 1 aromatic rings. The number of hydrogen-bond donors (Lipinski definition) is 1. The maximum atomic E-state index is 5.19. The third-order valence-corrected chi connectivity index (χ3v) is 5.33. The van der Waals surface area contributed by atoms with Gasteiger partial charge >= 0.3 is 0 Å². The summed E-state index contributed by atoms with van der Waals surface area (Å²) in [4.78, 5) is 6.83. The molecule has 6 heteroatoms. The van der Waals surface area contributed by atoms with E-state index in [2.05, 4.69) is 46.0 Å². The van der Waals surface area contributed by atoms with Crippen LogP contribution in [0.4, 0.5) is 0 Å². The fraction of sp³-hybridized carbons (Fsp3) is 0.588. The quantitative estimate of drug-likeness (QED) is 0.426. The fourth-order valence-electron chi connectivity index (χ4n) is 2.60. The molecule has 1 fully saturated rings. The number of methoxy groups -OCH3 is 1. The molecular formula is C17H28IN3OS. The Morgan fingerprint density at radius 3 is 2.74 bits per heavy atom. The average Bonchev–Trinajstić information content (AvgIpc) is 2.59. The Hall–Kier alpha value is -0.630. The van der Waals surface area contributed by atoms with Gasteiger partial charge in [0.2, 0.25) is 0 Å². The molecule has 1 saturated heterocycles. The SMILES string of the molecule is CCC1CN(C(=NC)NCCc2ccc(OC)cc2)CCS1.I. The lowest BCUT2D eigenvalue weighted by atomic mass is 10.1. The predicted molar refractivity (Wildman–Crippen MR) is 112 cm³/mol. The molecule has 1 heterocycles. The van der Waals surface area contributed by atoms with Crippen LogP contribution in [-0.4, -0.2) is 55.7 Å². The van der Waals surface area contributed by atoms with E-state index < -0.39 is 0 Å². The summed E-state index contributed by atoms with van der Waals surface area (Å²) in [6.45, 7) is 5.35. The van der Waals surface area contributed by atoms with Crippen molar-refractivity contribution in [2.24, 2.45) is 4.99 Å². The molecule has 1 aliphatic rings. The molecule has 2 rings (SSSR count). The van der Waals surface area contributed by atoms with Crippen LogP contribution >= 0.6 is 35.7 Å². The van der Waals surface area contributed by atoms with Gasteiger partial charge in [-0.15, -0.1) is 24.0 Å². The van der Waals surface area contributed by atoms with Crippen LogP contribution in [0.15, 0.2) is 29.3 Å². The van der Waals surface area contributed by atoms with Gasteiger partial charge in [0.25, 0.3) is 0 Å². The van der Waals surface area contributed by atoms with Crippen molar-refractivity contribution in [3.05, 3.63) is 29.8 Å². The molecule has 1 atom stereocenters. The van der Waals surface area contributed by atoms with Crippen molar-refractivity contribution < 1.29 is 4.74 Å². The lowest BCUT2D eigenvalue weighted by Crippen LogP contribution is -2.48. The van der Waals surface area contributed by atoms with Crippen LogP contribution in [0.25, 0.3) is 0 Å². The van der Waals surface area contributed by atoms with Crippen LogP contribution in [0.2, 0.25) is 0 Å². The number of halogens is 1. The van der Waals surface area contributed by atoms with E-state index in [0.717, 1.165) is 43.0 Å². The fourth-order valence-corrected chi connectivity index (χ4v) is 3.78. The molecule has 1 N–H and O–H groups in total. The minimum atomic E-state index is 0. The van der Waals surface area contributed by atoms with E-state index in [9.17, 15) is 0 Å². The molecule has 4 nitrogen and oxygen atoms in total. The topological polar surface area (TPSA) is 36.9 Å². The monoisotopic (exact) mass is 449 g/mol. The van der Waals surface area contributed by atoms with E-state index >= 15 is 0 Å². The van der Waals surface area contributed by atoms with Crippen molar-refractivity contribution in [2.75, 3.05) is 39.5 Å². The summed E-state index contributed by atoms with van der Waals surface area (Å²) in [6, 6.07) is 8.26. The second-order valence-electron chi connectivity index (χ2n) is 5.42. The number of nitrogens with zero attached hydrogens (tertiary/aromatic N) is 2. The number of guanidine groups is 1.